The molecule has 0 heterocycles. The lowest BCUT2D eigenvalue weighted by Crippen LogP contribution is -2.21. The quantitative estimate of drug-likeness (QED) is 0.681. The van der Waals surface area contributed by atoms with Gasteiger partial charge in [0.25, 0.3) is 0 Å². The summed E-state index contributed by atoms with van der Waals surface area (Å²) < 4.78 is 5.62. The number of aryl methyl sites for hydroxylation is 1. The Kier molecular flexibility index (Phi) is 6.66. The molecular weight excluding hydrogens is 198 g/mol. The van der Waals surface area contributed by atoms with Crippen LogP contribution < -0.4 is 10.1 Å². The summed E-state index contributed by atoms with van der Waals surface area (Å²) in [5.41, 5.74) is 1.36. The Balaban J connectivity index is 2.12. The van der Waals surface area contributed by atoms with Crippen molar-refractivity contribution >= 4 is 0 Å². The molecule has 2 heteroatoms. The van der Waals surface area contributed by atoms with Crippen molar-refractivity contribution in [1.29, 1.82) is 0 Å². The first kappa shape index (κ1) is 13.0. The molecule has 1 rings (SSSR count). The Morgan fingerprint density at radius 3 is 2.44 bits per heavy atom. The van der Waals surface area contributed by atoms with E-state index in [1.165, 1.54) is 18.4 Å². The van der Waals surface area contributed by atoms with Crippen molar-refractivity contribution in [3.8, 4) is 5.75 Å². The summed E-state index contributed by atoms with van der Waals surface area (Å²) in [5, 5.41) is 3.35. The Morgan fingerprint density at radius 2 is 1.81 bits per heavy atom. The van der Waals surface area contributed by atoms with E-state index in [1.807, 2.05) is 12.1 Å². The molecule has 0 spiro atoms. The Labute approximate surface area is 99.0 Å². The van der Waals surface area contributed by atoms with E-state index in [1.54, 1.807) is 0 Å². The van der Waals surface area contributed by atoms with E-state index in [2.05, 4.69) is 31.3 Å². The lowest BCUT2D eigenvalue weighted by atomic mass is 10.2. The maximum absolute atomic E-state index is 5.62. The smallest absolute Gasteiger partial charge is 0.119 e. The summed E-state index contributed by atoms with van der Waals surface area (Å²) in [4.78, 5) is 0. The standard InChI is InChI=1S/C14H23NO/c1-3-5-10-15-11-12-16-14-8-6-13(4-2)7-9-14/h6-9,15H,3-5,10-12H2,1-2H3. The number of ether oxygens (including phenoxy) is 1. The minimum Gasteiger partial charge on any atom is -0.492 e. The summed E-state index contributed by atoms with van der Waals surface area (Å²) >= 11 is 0. The molecule has 0 atom stereocenters. The maximum atomic E-state index is 5.62. The van der Waals surface area contributed by atoms with Gasteiger partial charge < -0.3 is 10.1 Å². The lowest BCUT2D eigenvalue weighted by Gasteiger charge is -2.07. The van der Waals surface area contributed by atoms with E-state index >= 15 is 0 Å². The van der Waals surface area contributed by atoms with Gasteiger partial charge in [-0.15, -0.1) is 0 Å². The minimum atomic E-state index is 0.745. The molecule has 90 valence electrons. The van der Waals surface area contributed by atoms with Crippen molar-refractivity contribution in [1.82, 2.24) is 5.32 Å². The molecule has 0 unspecified atom stereocenters. The van der Waals surface area contributed by atoms with Crippen LogP contribution in [0.1, 0.15) is 32.3 Å². The zero-order chi connectivity index (χ0) is 11.6. The summed E-state index contributed by atoms with van der Waals surface area (Å²) in [6.45, 7) is 7.13. The third-order valence-electron chi connectivity index (χ3n) is 2.59. The SMILES string of the molecule is CCCCNCCOc1ccc(CC)cc1. The number of hydrogen-bond donors (Lipinski definition) is 1. The highest BCUT2D eigenvalue weighted by atomic mass is 16.5. The molecule has 1 aromatic rings. The van der Waals surface area contributed by atoms with Crippen LogP contribution in [0, 0.1) is 0 Å². The molecular formula is C14H23NO. The number of unbranched alkanes of at least 4 members (excludes halogenated alkanes) is 1. The molecule has 0 fully saturated rings. The van der Waals surface area contributed by atoms with Gasteiger partial charge in [-0.3, -0.25) is 0 Å². The Hall–Kier alpha value is -1.02. The molecule has 0 bridgehead atoms. The van der Waals surface area contributed by atoms with Crippen LogP contribution in [0.25, 0.3) is 0 Å². The van der Waals surface area contributed by atoms with Gasteiger partial charge in [0.05, 0.1) is 0 Å². The molecule has 0 saturated heterocycles. The highest BCUT2D eigenvalue weighted by Crippen LogP contribution is 2.11. The van der Waals surface area contributed by atoms with E-state index in [0.717, 1.165) is 31.9 Å². The molecule has 1 aromatic carbocycles. The number of hydrogen-bond acceptors (Lipinski definition) is 2. The fourth-order valence-electron chi connectivity index (χ4n) is 1.49. The second kappa shape index (κ2) is 8.17. The number of benzene rings is 1. The average Bonchev–Trinajstić information content (AvgIpc) is 2.34. The van der Waals surface area contributed by atoms with Crippen LogP contribution >= 0.6 is 0 Å². The predicted molar refractivity (Wildman–Crippen MR) is 69.1 cm³/mol. The van der Waals surface area contributed by atoms with Gasteiger partial charge in [-0.1, -0.05) is 32.4 Å². The molecule has 1 N–H and O–H groups in total. The summed E-state index contributed by atoms with van der Waals surface area (Å²) in [5.74, 6) is 0.967. The van der Waals surface area contributed by atoms with Crippen LogP contribution in [0.15, 0.2) is 24.3 Å². The molecule has 0 saturated carbocycles. The number of nitrogens with one attached hydrogen (secondary N) is 1. The van der Waals surface area contributed by atoms with Crippen LogP contribution in [0.4, 0.5) is 0 Å². The molecule has 0 radical (unpaired) electrons. The number of rotatable bonds is 8. The first-order chi connectivity index (χ1) is 7.86. The second-order valence-electron chi connectivity index (χ2n) is 3.95. The van der Waals surface area contributed by atoms with Crippen molar-refractivity contribution in [3.05, 3.63) is 29.8 Å². The largest absolute Gasteiger partial charge is 0.492 e. The average molecular weight is 221 g/mol. The van der Waals surface area contributed by atoms with Crippen LogP contribution in [0.2, 0.25) is 0 Å². The molecule has 0 amide bonds. The van der Waals surface area contributed by atoms with Crippen LogP contribution in [0.5, 0.6) is 5.75 Å². The maximum Gasteiger partial charge on any atom is 0.119 e. The van der Waals surface area contributed by atoms with Gasteiger partial charge in [0.1, 0.15) is 12.4 Å². The summed E-state index contributed by atoms with van der Waals surface area (Å²) in [6.07, 6.45) is 3.57. The van der Waals surface area contributed by atoms with Gasteiger partial charge in [-0.2, -0.15) is 0 Å². The van der Waals surface area contributed by atoms with Crippen molar-refractivity contribution < 1.29 is 4.74 Å². The fraction of sp³-hybridized carbons (Fsp3) is 0.571. The predicted octanol–water partition coefficient (Wildman–Crippen LogP) is 3.02. The monoisotopic (exact) mass is 221 g/mol. The molecule has 0 aliphatic carbocycles. The summed E-state index contributed by atoms with van der Waals surface area (Å²) in [7, 11) is 0. The van der Waals surface area contributed by atoms with Gasteiger partial charge in [0.15, 0.2) is 0 Å². The normalized spacial score (nSPS) is 10.4. The van der Waals surface area contributed by atoms with E-state index in [-0.39, 0.29) is 0 Å². The lowest BCUT2D eigenvalue weighted by molar-refractivity contribution is 0.313. The van der Waals surface area contributed by atoms with Gasteiger partial charge in [-0.05, 0) is 37.1 Å². The first-order valence-electron chi connectivity index (χ1n) is 6.29. The van der Waals surface area contributed by atoms with Crippen LogP contribution in [0.3, 0.4) is 0 Å². The third-order valence-corrected chi connectivity index (χ3v) is 2.59. The van der Waals surface area contributed by atoms with E-state index in [9.17, 15) is 0 Å². The molecule has 0 aliphatic rings. The highest BCUT2D eigenvalue weighted by Gasteiger charge is 1.93. The Bertz CT molecular complexity index is 269. The fourth-order valence-corrected chi connectivity index (χ4v) is 1.49. The van der Waals surface area contributed by atoms with Gasteiger partial charge in [0, 0.05) is 6.54 Å². The van der Waals surface area contributed by atoms with E-state index in [0.29, 0.717) is 0 Å². The highest BCUT2D eigenvalue weighted by molar-refractivity contribution is 5.27. The Morgan fingerprint density at radius 1 is 1.06 bits per heavy atom. The molecule has 16 heavy (non-hydrogen) atoms. The van der Waals surface area contributed by atoms with Crippen molar-refractivity contribution in [2.75, 3.05) is 19.7 Å². The second-order valence-corrected chi connectivity index (χ2v) is 3.95. The van der Waals surface area contributed by atoms with E-state index in [4.69, 9.17) is 4.74 Å². The van der Waals surface area contributed by atoms with Crippen molar-refractivity contribution in [3.63, 3.8) is 0 Å². The molecule has 0 aromatic heterocycles. The minimum absolute atomic E-state index is 0.745. The van der Waals surface area contributed by atoms with Crippen molar-refractivity contribution in [2.45, 2.75) is 33.1 Å². The van der Waals surface area contributed by atoms with E-state index < -0.39 is 0 Å². The van der Waals surface area contributed by atoms with Gasteiger partial charge in [0.2, 0.25) is 0 Å². The molecule has 0 aliphatic heterocycles. The summed E-state index contributed by atoms with van der Waals surface area (Å²) in [6, 6.07) is 8.34. The topological polar surface area (TPSA) is 21.3 Å². The zero-order valence-electron chi connectivity index (χ0n) is 10.5. The van der Waals surface area contributed by atoms with Crippen LogP contribution in [-0.4, -0.2) is 19.7 Å². The zero-order valence-corrected chi connectivity index (χ0v) is 10.5. The third kappa shape index (κ3) is 5.17. The van der Waals surface area contributed by atoms with Gasteiger partial charge >= 0.3 is 0 Å². The molecule has 2 nitrogen and oxygen atoms in total. The van der Waals surface area contributed by atoms with Crippen LogP contribution in [-0.2, 0) is 6.42 Å². The van der Waals surface area contributed by atoms with Gasteiger partial charge in [-0.25, -0.2) is 0 Å². The van der Waals surface area contributed by atoms with Crippen molar-refractivity contribution in [2.24, 2.45) is 0 Å². The first-order valence-corrected chi connectivity index (χ1v) is 6.29.